The van der Waals surface area contributed by atoms with Gasteiger partial charge < -0.3 is 14.6 Å². The molecule has 0 amide bonds. The van der Waals surface area contributed by atoms with Crippen molar-refractivity contribution in [3.8, 4) is 11.5 Å². The molecule has 0 radical (unpaired) electrons. The summed E-state index contributed by atoms with van der Waals surface area (Å²) in [6.07, 6.45) is 0.0282. The van der Waals surface area contributed by atoms with Gasteiger partial charge >= 0.3 is 13.2 Å². The molecule has 0 saturated carbocycles. The number of hydrogen-bond acceptors (Lipinski definition) is 3. The van der Waals surface area contributed by atoms with Crippen LogP contribution in [-0.2, 0) is 0 Å². The molecule has 0 aliphatic heterocycles. The molecule has 18 heavy (non-hydrogen) atoms. The molecular formula is C11H10F4O3. The van der Waals surface area contributed by atoms with Crippen LogP contribution in [-0.4, -0.2) is 18.3 Å². The number of ether oxygens (including phenoxy) is 2. The predicted molar refractivity (Wildman–Crippen MR) is 54.9 cm³/mol. The quantitative estimate of drug-likeness (QED) is 0.635. The average Bonchev–Trinajstić information content (AvgIpc) is 2.29. The molecule has 1 rings (SSSR count). The molecule has 1 aromatic rings. The first-order chi connectivity index (χ1) is 8.43. The summed E-state index contributed by atoms with van der Waals surface area (Å²) in [6.45, 7) is -3.05. The minimum Gasteiger partial charge on any atom is -0.431 e. The summed E-state index contributed by atoms with van der Waals surface area (Å²) in [6, 6.07) is 3.23. The summed E-state index contributed by atoms with van der Waals surface area (Å²) in [7, 11) is 0. The summed E-state index contributed by atoms with van der Waals surface area (Å²) in [5.74, 6) is -1.12. The lowest BCUT2D eigenvalue weighted by Gasteiger charge is -2.14. The molecule has 0 fully saturated rings. The van der Waals surface area contributed by atoms with Crippen molar-refractivity contribution < 1.29 is 32.1 Å². The maximum Gasteiger partial charge on any atom is 0.387 e. The van der Waals surface area contributed by atoms with E-state index in [-0.39, 0.29) is 5.56 Å². The predicted octanol–water partition coefficient (Wildman–Crippen LogP) is 3.11. The molecule has 0 aliphatic rings. The molecule has 1 aromatic carbocycles. The van der Waals surface area contributed by atoms with Crippen LogP contribution in [0.2, 0.25) is 0 Å². The van der Waals surface area contributed by atoms with Crippen molar-refractivity contribution in [1.82, 2.24) is 0 Å². The summed E-state index contributed by atoms with van der Waals surface area (Å²) in [4.78, 5) is 0. The number of aliphatic hydroxyl groups excluding tert-OH is 1. The lowest BCUT2D eigenvalue weighted by Crippen LogP contribution is -2.08. The Morgan fingerprint density at radius 1 is 1.06 bits per heavy atom. The Hall–Kier alpha value is -1.76. The van der Waals surface area contributed by atoms with E-state index in [0.717, 1.165) is 18.2 Å². The highest BCUT2D eigenvalue weighted by Gasteiger charge is 2.16. The standard InChI is InChI=1S/C11H10F4O3/c1-2-7(16)6-3-4-8(17-10(12)13)9(5-6)18-11(14)15/h2-5,7,10-11,16H,1H2. The van der Waals surface area contributed by atoms with Crippen LogP contribution >= 0.6 is 0 Å². The van der Waals surface area contributed by atoms with Gasteiger partial charge in [-0.1, -0.05) is 12.1 Å². The highest BCUT2D eigenvalue weighted by atomic mass is 19.3. The fraction of sp³-hybridized carbons (Fsp3) is 0.273. The maximum absolute atomic E-state index is 12.1. The van der Waals surface area contributed by atoms with Crippen molar-refractivity contribution in [2.75, 3.05) is 0 Å². The topological polar surface area (TPSA) is 38.7 Å². The van der Waals surface area contributed by atoms with Gasteiger partial charge in [-0.3, -0.25) is 0 Å². The molecule has 1 unspecified atom stereocenters. The van der Waals surface area contributed by atoms with Gasteiger partial charge in [-0.25, -0.2) is 0 Å². The fourth-order valence-corrected chi connectivity index (χ4v) is 1.23. The molecule has 0 spiro atoms. The largest absolute Gasteiger partial charge is 0.431 e. The molecule has 0 heterocycles. The zero-order chi connectivity index (χ0) is 13.7. The van der Waals surface area contributed by atoms with E-state index in [2.05, 4.69) is 16.1 Å². The molecule has 1 atom stereocenters. The van der Waals surface area contributed by atoms with Crippen LogP contribution < -0.4 is 9.47 Å². The summed E-state index contributed by atoms with van der Waals surface area (Å²) in [5.41, 5.74) is 0.169. The first-order valence-electron chi connectivity index (χ1n) is 4.78. The number of aliphatic hydroxyl groups is 1. The Morgan fingerprint density at radius 2 is 1.61 bits per heavy atom. The average molecular weight is 266 g/mol. The van der Waals surface area contributed by atoms with Crippen LogP contribution in [0.15, 0.2) is 30.9 Å². The van der Waals surface area contributed by atoms with E-state index < -0.39 is 30.8 Å². The van der Waals surface area contributed by atoms with Gasteiger partial charge in [0.1, 0.15) is 0 Å². The molecule has 1 N–H and O–H groups in total. The van der Waals surface area contributed by atoms with Gasteiger partial charge in [-0.15, -0.1) is 6.58 Å². The first kappa shape index (κ1) is 14.3. The number of benzene rings is 1. The van der Waals surface area contributed by atoms with Crippen LogP contribution in [0.1, 0.15) is 11.7 Å². The van der Waals surface area contributed by atoms with E-state index in [9.17, 15) is 22.7 Å². The van der Waals surface area contributed by atoms with Gasteiger partial charge in [-0.05, 0) is 17.7 Å². The van der Waals surface area contributed by atoms with Crippen LogP contribution in [0.4, 0.5) is 17.6 Å². The summed E-state index contributed by atoms with van der Waals surface area (Å²) in [5, 5.41) is 9.41. The minimum absolute atomic E-state index is 0.169. The molecule has 0 aromatic heterocycles. The molecule has 0 saturated heterocycles. The van der Waals surface area contributed by atoms with E-state index in [1.165, 1.54) is 6.07 Å². The second-order valence-corrected chi connectivity index (χ2v) is 3.14. The van der Waals surface area contributed by atoms with E-state index in [4.69, 9.17) is 0 Å². The SMILES string of the molecule is C=CC(O)c1ccc(OC(F)F)c(OC(F)F)c1. The van der Waals surface area contributed by atoms with Crippen LogP contribution in [0, 0.1) is 0 Å². The van der Waals surface area contributed by atoms with Crippen molar-refractivity contribution in [2.45, 2.75) is 19.3 Å². The number of rotatable bonds is 6. The molecule has 100 valence electrons. The van der Waals surface area contributed by atoms with Gasteiger partial charge in [0, 0.05) is 0 Å². The Bertz CT molecular complexity index is 409. The van der Waals surface area contributed by atoms with E-state index in [0.29, 0.717) is 0 Å². The zero-order valence-electron chi connectivity index (χ0n) is 9.02. The lowest BCUT2D eigenvalue weighted by molar-refractivity contribution is -0.0693. The van der Waals surface area contributed by atoms with Crippen molar-refractivity contribution in [3.63, 3.8) is 0 Å². The van der Waals surface area contributed by atoms with Crippen molar-refractivity contribution in [2.24, 2.45) is 0 Å². The number of hydrogen-bond donors (Lipinski definition) is 1. The number of alkyl halides is 4. The van der Waals surface area contributed by atoms with Gasteiger partial charge in [0.15, 0.2) is 11.5 Å². The first-order valence-corrected chi connectivity index (χ1v) is 4.78. The third-order valence-corrected chi connectivity index (χ3v) is 1.96. The monoisotopic (exact) mass is 266 g/mol. The third kappa shape index (κ3) is 3.92. The van der Waals surface area contributed by atoms with Gasteiger partial charge in [0.25, 0.3) is 0 Å². The van der Waals surface area contributed by atoms with Crippen molar-refractivity contribution in [3.05, 3.63) is 36.4 Å². The maximum atomic E-state index is 12.1. The highest BCUT2D eigenvalue weighted by Crippen LogP contribution is 2.33. The fourth-order valence-electron chi connectivity index (χ4n) is 1.23. The smallest absolute Gasteiger partial charge is 0.387 e. The molecule has 3 nitrogen and oxygen atoms in total. The van der Waals surface area contributed by atoms with Crippen LogP contribution in [0.5, 0.6) is 11.5 Å². The Labute approximate surface area is 100 Å². The van der Waals surface area contributed by atoms with Gasteiger partial charge in [0.2, 0.25) is 0 Å². The zero-order valence-corrected chi connectivity index (χ0v) is 9.02. The van der Waals surface area contributed by atoms with Crippen molar-refractivity contribution >= 4 is 0 Å². The lowest BCUT2D eigenvalue weighted by atomic mass is 10.1. The van der Waals surface area contributed by atoms with Gasteiger partial charge in [0.05, 0.1) is 6.10 Å². The molecule has 0 aliphatic carbocycles. The van der Waals surface area contributed by atoms with Crippen LogP contribution in [0.25, 0.3) is 0 Å². The van der Waals surface area contributed by atoms with E-state index in [1.807, 2.05) is 0 Å². The highest BCUT2D eigenvalue weighted by molar-refractivity contribution is 5.44. The second kappa shape index (κ2) is 6.25. The summed E-state index contributed by atoms with van der Waals surface area (Å²) < 4.78 is 56.3. The second-order valence-electron chi connectivity index (χ2n) is 3.14. The summed E-state index contributed by atoms with van der Waals surface area (Å²) >= 11 is 0. The Kier molecular flexibility index (Phi) is 4.96. The normalized spacial score (nSPS) is 12.6. The molecule has 7 heteroatoms. The van der Waals surface area contributed by atoms with Crippen molar-refractivity contribution in [1.29, 1.82) is 0 Å². The van der Waals surface area contributed by atoms with Gasteiger partial charge in [-0.2, -0.15) is 17.6 Å². The Morgan fingerprint density at radius 3 is 2.11 bits per heavy atom. The molecular weight excluding hydrogens is 256 g/mol. The number of halogens is 4. The minimum atomic E-state index is -3.19. The van der Waals surface area contributed by atoms with E-state index in [1.54, 1.807) is 0 Å². The van der Waals surface area contributed by atoms with Crippen LogP contribution in [0.3, 0.4) is 0 Å². The Balaban J connectivity index is 3.07. The molecule has 0 bridgehead atoms. The third-order valence-electron chi connectivity index (χ3n) is 1.96. The van der Waals surface area contributed by atoms with E-state index >= 15 is 0 Å².